The minimum absolute atomic E-state index is 0.00914. The average Bonchev–Trinajstić information content (AvgIpc) is 2.62. The third kappa shape index (κ3) is 2.54. The Balaban J connectivity index is 1.95. The van der Waals surface area contributed by atoms with E-state index < -0.39 is 0 Å². The van der Waals surface area contributed by atoms with Gasteiger partial charge in [-0.15, -0.1) is 0 Å². The van der Waals surface area contributed by atoms with E-state index in [9.17, 15) is 4.79 Å². The summed E-state index contributed by atoms with van der Waals surface area (Å²) in [6.07, 6.45) is 0. The van der Waals surface area contributed by atoms with Gasteiger partial charge in [0.1, 0.15) is 13.1 Å². The van der Waals surface area contributed by atoms with Crippen LogP contribution in [0.4, 0.5) is 5.88 Å². The van der Waals surface area contributed by atoms with Crippen LogP contribution in [0.3, 0.4) is 0 Å². The number of quaternary nitrogens is 1. The van der Waals surface area contributed by atoms with Crippen molar-refractivity contribution in [3.05, 3.63) is 64.8 Å². The highest BCUT2D eigenvalue weighted by Gasteiger charge is 2.31. The van der Waals surface area contributed by atoms with E-state index in [0.717, 1.165) is 24.2 Å². The molecular formula is C20H20NO3+. The summed E-state index contributed by atoms with van der Waals surface area (Å²) in [5.41, 5.74) is 2.67. The molecule has 4 nitrogen and oxygen atoms in total. The van der Waals surface area contributed by atoms with E-state index in [0.29, 0.717) is 34.6 Å². The number of benzene rings is 2. The number of ether oxygens (including phenoxy) is 1. The largest absolute Gasteiger partial charge is 0.411 e. The van der Waals surface area contributed by atoms with Crippen molar-refractivity contribution in [2.75, 3.05) is 33.4 Å². The topological polar surface area (TPSA) is 39.4 Å². The number of rotatable bonds is 2. The SMILES string of the molecule is C[N+]1(c2cc(=O)c3cccc(-c4ccccc4)c3o2)CCOCC1. The number of morpholine rings is 1. The highest BCUT2D eigenvalue weighted by molar-refractivity contribution is 5.92. The number of para-hydroxylation sites is 1. The van der Waals surface area contributed by atoms with E-state index in [-0.39, 0.29) is 5.43 Å². The molecule has 0 aliphatic carbocycles. The molecule has 0 spiro atoms. The van der Waals surface area contributed by atoms with Crippen LogP contribution in [0.2, 0.25) is 0 Å². The molecule has 4 rings (SSSR count). The molecule has 0 radical (unpaired) electrons. The van der Waals surface area contributed by atoms with E-state index >= 15 is 0 Å². The van der Waals surface area contributed by atoms with Crippen LogP contribution < -0.4 is 9.91 Å². The highest BCUT2D eigenvalue weighted by atomic mass is 16.5. The van der Waals surface area contributed by atoms with Crippen LogP contribution in [-0.2, 0) is 4.74 Å². The van der Waals surface area contributed by atoms with E-state index in [2.05, 4.69) is 7.05 Å². The second kappa shape index (κ2) is 5.89. The lowest BCUT2D eigenvalue weighted by molar-refractivity contribution is 0.0452. The fourth-order valence-electron chi connectivity index (χ4n) is 3.24. The van der Waals surface area contributed by atoms with Gasteiger partial charge in [-0.3, -0.25) is 9.28 Å². The Hall–Kier alpha value is -2.43. The highest BCUT2D eigenvalue weighted by Crippen LogP contribution is 2.31. The molecule has 2 aromatic carbocycles. The second-order valence-electron chi connectivity index (χ2n) is 6.45. The van der Waals surface area contributed by atoms with Crippen LogP contribution in [0, 0.1) is 0 Å². The molecule has 3 aromatic rings. The lowest BCUT2D eigenvalue weighted by Gasteiger charge is -2.35. The van der Waals surface area contributed by atoms with Crippen LogP contribution >= 0.6 is 0 Å². The van der Waals surface area contributed by atoms with E-state index in [1.165, 1.54) is 0 Å². The maximum atomic E-state index is 12.7. The third-order valence-electron chi connectivity index (χ3n) is 4.82. The molecule has 4 heteroatoms. The lowest BCUT2D eigenvalue weighted by atomic mass is 10.0. The maximum absolute atomic E-state index is 12.7. The molecule has 0 N–H and O–H groups in total. The van der Waals surface area contributed by atoms with Gasteiger partial charge in [-0.2, -0.15) is 0 Å². The van der Waals surface area contributed by atoms with Crippen molar-refractivity contribution in [3.63, 3.8) is 0 Å². The summed E-state index contributed by atoms with van der Waals surface area (Å²) < 4.78 is 12.3. The van der Waals surface area contributed by atoms with Gasteiger partial charge in [0.05, 0.1) is 31.7 Å². The number of fused-ring (bicyclic) bond motifs is 1. The summed E-state index contributed by atoms with van der Waals surface area (Å²) in [6, 6.07) is 17.4. The molecule has 1 aromatic heterocycles. The van der Waals surface area contributed by atoms with E-state index in [4.69, 9.17) is 9.15 Å². The molecule has 1 saturated heterocycles. The van der Waals surface area contributed by atoms with Crippen LogP contribution in [0.1, 0.15) is 0 Å². The quantitative estimate of drug-likeness (QED) is 0.679. The first-order chi connectivity index (χ1) is 11.7. The Morgan fingerprint density at radius 2 is 1.71 bits per heavy atom. The first-order valence-corrected chi connectivity index (χ1v) is 8.23. The molecule has 122 valence electrons. The van der Waals surface area contributed by atoms with Crippen molar-refractivity contribution in [3.8, 4) is 11.1 Å². The molecule has 24 heavy (non-hydrogen) atoms. The number of nitrogens with zero attached hydrogens (tertiary/aromatic N) is 1. The molecule has 1 aliphatic rings. The van der Waals surface area contributed by atoms with Gasteiger partial charge in [0.2, 0.25) is 0 Å². The van der Waals surface area contributed by atoms with Crippen molar-refractivity contribution < 1.29 is 9.15 Å². The first kappa shape index (κ1) is 15.1. The Kier molecular flexibility index (Phi) is 3.71. The monoisotopic (exact) mass is 322 g/mol. The number of likely N-dealkylation sites (N-methyl/N-ethyl adjacent to an activating group) is 1. The zero-order chi connectivity index (χ0) is 16.6. The Labute approximate surface area is 140 Å². The summed E-state index contributed by atoms with van der Waals surface area (Å²) >= 11 is 0. The van der Waals surface area contributed by atoms with Gasteiger partial charge in [0, 0.05) is 5.56 Å². The standard InChI is InChI=1S/C20H20NO3/c1-21(10-12-23-13-11-21)19-14-18(22)17-9-5-8-16(20(17)24-19)15-6-3-2-4-7-15/h2-9,14H,10-13H2,1H3/q+1. The van der Waals surface area contributed by atoms with Gasteiger partial charge < -0.3 is 9.15 Å². The third-order valence-corrected chi connectivity index (χ3v) is 4.82. The maximum Gasteiger partial charge on any atom is 0.300 e. The molecular weight excluding hydrogens is 302 g/mol. The summed E-state index contributed by atoms with van der Waals surface area (Å²) in [5, 5.41) is 0.625. The summed E-state index contributed by atoms with van der Waals surface area (Å²) in [6.45, 7) is 2.97. The molecule has 0 saturated carbocycles. The van der Waals surface area contributed by atoms with Gasteiger partial charge in [-0.1, -0.05) is 42.5 Å². The second-order valence-corrected chi connectivity index (χ2v) is 6.45. The minimum atomic E-state index is 0.00914. The molecule has 1 aliphatic heterocycles. The molecule has 0 bridgehead atoms. The smallest absolute Gasteiger partial charge is 0.300 e. The molecule has 0 atom stereocenters. The van der Waals surface area contributed by atoms with Gasteiger partial charge in [-0.25, -0.2) is 0 Å². The van der Waals surface area contributed by atoms with Crippen molar-refractivity contribution in [1.29, 1.82) is 0 Å². The van der Waals surface area contributed by atoms with Gasteiger partial charge in [0.15, 0.2) is 11.0 Å². The normalized spacial score (nSPS) is 17.0. The fraction of sp³-hybridized carbons (Fsp3) is 0.250. The Morgan fingerprint density at radius 1 is 0.958 bits per heavy atom. The summed E-state index contributed by atoms with van der Waals surface area (Å²) in [4.78, 5) is 12.7. The van der Waals surface area contributed by atoms with Crippen LogP contribution in [0.5, 0.6) is 0 Å². The lowest BCUT2D eigenvalue weighted by Crippen LogP contribution is -2.53. The zero-order valence-corrected chi connectivity index (χ0v) is 13.7. The van der Waals surface area contributed by atoms with Crippen molar-refractivity contribution in [2.45, 2.75) is 0 Å². The molecule has 1 fully saturated rings. The molecule has 0 unspecified atom stereocenters. The van der Waals surface area contributed by atoms with Crippen molar-refractivity contribution in [2.24, 2.45) is 0 Å². The first-order valence-electron chi connectivity index (χ1n) is 8.23. The van der Waals surface area contributed by atoms with E-state index in [1.807, 2.05) is 48.5 Å². The van der Waals surface area contributed by atoms with Crippen LogP contribution in [0.15, 0.2) is 63.8 Å². The van der Waals surface area contributed by atoms with Gasteiger partial charge in [-0.05, 0) is 11.6 Å². The molecule has 2 heterocycles. The summed E-state index contributed by atoms with van der Waals surface area (Å²) in [7, 11) is 2.09. The molecule has 0 amide bonds. The van der Waals surface area contributed by atoms with Gasteiger partial charge in [0.25, 0.3) is 0 Å². The predicted molar refractivity (Wildman–Crippen MR) is 96.2 cm³/mol. The number of hydrogen-bond donors (Lipinski definition) is 0. The van der Waals surface area contributed by atoms with Crippen LogP contribution in [-0.4, -0.2) is 33.4 Å². The fourth-order valence-corrected chi connectivity index (χ4v) is 3.24. The van der Waals surface area contributed by atoms with Crippen molar-refractivity contribution in [1.82, 2.24) is 4.48 Å². The van der Waals surface area contributed by atoms with Gasteiger partial charge >= 0.3 is 5.88 Å². The Morgan fingerprint density at radius 3 is 2.46 bits per heavy atom. The zero-order valence-electron chi connectivity index (χ0n) is 13.7. The summed E-state index contributed by atoms with van der Waals surface area (Å²) in [5.74, 6) is 0.708. The average molecular weight is 322 g/mol. The van der Waals surface area contributed by atoms with Crippen molar-refractivity contribution >= 4 is 16.9 Å². The Bertz CT molecular complexity index is 925. The van der Waals surface area contributed by atoms with E-state index in [1.54, 1.807) is 6.07 Å². The van der Waals surface area contributed by atoms with Crippen LogP contribution in [0.25, 0.3) is 22.1 Å². The number of hydrogen-bond acceptors (Lipinski definition) is 3. The predicted octanol–water partition coefficient (Wildman–Crippen LogP) is 3.43. The minimum Gasteiger partial charge on any atom is -0.411 e.